The predicted molar refractivity (Wildman–Crippen MR) is 88.5 cm³/mol. The van der Waals surface area contributed by atoms with E-state index in [1.807, 2.05) is 23.1 Å². The number of pyridine rings is 1. The number of fused-ring (bicyclic) bond motifs is 2. The monoisotopic (exact) mass is 329 g/mol. The Morgan fingerprint density at radius 3 is 2.38 bits per heavy atom. The van der Waals surface area contributed by atoms with Gasteiger partial charge in [0.1, 0.15) is 5.82 Å². The molecule has 0 spiro atoms. The number of rotatable bonds is 3. The topological polar surface area (TPSA) is 73.7 Å². The van der Waals surface area contributed by atoms with Crippen LogP contribution in [-0.4, -0.2) is 53.0 Å². The highest BCUT2D eigenvalue weighted by molar-refractivity contribution is 5.86. The largest absolute Gasteiger partial charge is 0.481 e. The zero-order valence-corrected chi connectivity index (χ0v) is 13.7. The van der Waals surface area contributed by atoms with Crippen LogP contribution in [0, 0.1) is 23.7 Å². The van der Waals surface area contributed by atoms with Crippen LogP contribution in [0.3, 0.4) is 0 Å². The van der Waals surface area contributed by atoms with Crippen LogP contribution in [0.15, 0.2) is 24.4 Å². The van der Waals surface area contributed by atoms with Crippen molar-refractivity contribution in [2.45, 2.75) is 19.3 Å². The number of carboxylic acids is 1. The van der Waals surface area contributed by atoms with Gasteiger partial charge in [-0.3, -0.25) is 9.59 Å². The molecule has 2 saturated carbocycles. The average Bonchev–Trinajstić information content (AvgIpc) is 3.23. The van der Waals surface area contributed by atoms with E-state index in [-0.39, 0.29) is 23.7 Å². The van der Waals surface area contributed by atoms with E-state index in [1.54, 1.807) is 6.20 Å². The zero-order valence-electron chi connectivity index (χ0n) is 13.7. The highest BCUT2D eigenvalue weighted by Gasteiger charge is 2.54. The molecule has 2 bridgehead atoms. The van der Waals surface area contributed by atoms with Gasteiger partial charge in [0.05, 0.1) is 11.8 Å². The number of aliphatic carboxylic acids is 1. The molecule has 2 heterocycles. The molecule has 1 N–H and O–H groups in total. The smallest absolute Gasteiger partial charge is 0.307 e. The van der Waals surface area contributed by atoms with Gasteiger partial charge in [-0.1, -0.05) is 6.07 Å². The van der Waals surface area contributed by atoms with Crippen molar-refractivity contribution < 1.29 is 14.7 Å². The second-order valence-electron chi connectivity index (χ2n) is 7.22. The van der Waals surface area contributed by atoms with Crippen LogP contribution in [0.5, 0.6) is 0 Å². The van der Waals surface area contributed by atoms with E-state index >= 15 is 0 Å². The number of carbonyl (C=O) groups excluding carboxylic acids is 1. The summed E-state index contributed by atoms with van der Waals surface area (Å²) in [7, 11) is 0. The Morgan fingerprint density at radius 1 is 1.04 bits per heavy atom. The summed E-state index contributed by atoms with van der Waals surface area (Å²) in [4.78, 5) is 33.0. The maximum atomic E-state index is 13.0. The van der Waals surface area contributed by atoms with Crippen LogP contribution in [0.1, 0.15) is 19.3 Å². The molecule has 0 radical (unpaired) electrons. The molecule has 1 amide bonds. The van der Waals surface area contributed by atoms with Crippen LogP contribution < -0.4 is 4.90 Å². The molecule has 3 aliphatic rings. The normalized spacial score (nSPS) is 32.2. The molecule has 1 aliphatic heterocycles. The van der Waals surface area contributed by atoms with Crippen molar-refractivity contribution >= 4 is 17.7 Å². The first-order valence-electron chi connectivity index (χ1n) is 8.82. The van der Waals surface area contributed by atoms with Crippen molar-refractivity contribution in [1.82, 2.24) is 9.88 Å². The zero-order chi connectivity index (χ0) is 16.7. The molecule has 4 rings (SSSR count). The summed E-state index contributed by atoms with van der Waals surface area (Å²) in [6.07, 6.45) is 4.68. The minimum atomic E-state index is -0.785. The Balaban J connectivity index is 1.42. The standard InChI is InChI=1S/C18H23N3O3/c22-17(15-12-4-5-13(11-12)16(15)18(23)24)21-9-7-20(8-10-21)14-3-1-2-6-19-14/h1-3,6,12-13,15-16H,4-5,7-11H2,(H,23,24)/t12-,13-,15-,16+/m0/s1. The lowest BCUT2D eigenvalue weighted by Crippen LogP contribution is -2.52. The molecule has 0 aromatic carbocycles. The van der Waals surface area contributed by atoms with E-state index in [1.165, 1.54) is 0 Å². The maximum absolute atomic E-state index is 13.0. The van der Waals surface area contributed by atoms with E-state index in [4.69, 9.17) is 0 Å². The van der Waals surface area contributed by atoms with Gasteiger partial charge in [0.15, 0.2) is 0 Å². The summed E-state index contributed by atoms with van der Waals surface area (Å²) >= 11 is 0. The predicted octanol–water partition coefficient (Wildman–Crippen LogP) is 1.48. The van der Waals surface area contributed by atoms with Crippen LogP contribution in [0.25, 0.3) is 0 Å². The Morgan fingerprint density at radius 2 is 1.75 bits per heavy atom. The van der Waals surface area contributed by atoms with Crippen LogP contribution in [-0.2, 0) is 9.59 Å². The lowest BCUT2D eigenvalue weighted by molar-refractivity contribution is -0.153. The number of aromatic nitrogens is 1. The molecule has 128 valence electrons. The Kier molecular flexibility index (Phi) is 3.90. The summed E-state index contributed by atoms with van der Waals surface area (Å²) in [6.45, 7) is 2.80. The Labute approximate surface area is 141 Å². The minimum Gasteiger partial charge on any atom is -0.481 e. The molecule has 1 saturated heterocycles. The van der Waals surface area contributed by atoms with Gasteiger partial charge in [0, 0.05) is 32.4 Å². The van der Waals surface area contributed by atoms with Gasteiger partial charge in [-0.05, 0) is 43.2 Å². The first-order valence-corrected chi connectivity index (χ1v) is 8.82. The van der Waals surface area contributed by atoms with Gasteiger partial charge < -0.3 is 14.9 Å². The molecule has 1 aromatic heterocycles. The van der Waals surface area contributed by atoms with E-state index in [2.05, 4.69) is 9.88 Å². The highest BCUT2D eigenvalue weighted by Crippen LogP contribution is 2.53. The second-order valence-corrected chi connectivity index (χ2v) is 7.22. The molecule has 6 nitrogen and oxygen atoms in total. The molecule has 0 unspecified atom stereocenters. The number of anilines is 1. The number of carboxylic acid groups (broad SMARTS) is 1. The summed E-state index contributed by atoms with van der Waals surface area (Å²) in [5, 5.41) is 9.56. The van der Waals surface area contributed by atoms with Crippen molar-refractivity contribution in [1.29, 1.82) is 0 Å². The Hall–Kier alpha value is -2.11. The van der Waals surface area contributed by atoms with E-state index in [0.717, 1.165) is 38.2 Å². The number of carbonyl (C=O) groups is 2. The molecule has 1 aromatic rings. The van der Waals surface area contributed by atoms with Crippen molar-refractivity contribution in [3.63, 3.8) is 0 Å². The summed E-state index contributed by atoms with van der Waals surface area (Å²) in [5.74, 6) is -0.0720. The van der Waals surface area contributed by atoms with Gasteiger partial charge in [-0.25, -0.2) is 4.98 Å². The third-order valence-electron chi connectivity index (χ3n) is 6.05. The van der Waals surface area contributed by atoms with Crippen LogP contribution >= 0.6 is 0 Å². The summed E-state index contributed by atoms with van der Waals surface area (Å²) in [6, 6.07) is 5.84. The second kappa shape index (κ2) is 6.07. The lowest BCUT2D eigenvalue weighted by Gasteiger charge is -2.38. The van der Waals surface area contributed by atoms with Gasteiger partial charge >= 0.3 is 5.97 Å². The average molecular weight is 329 g/mol. The highest BCUT2D eigenvalue weighted by atomic mass is 16.4. The lowest BCUT2D eigenvalue weighted by atomic mass is 9.78. The summed E-state index contributed by atoms with van der Waals surface area (Å²) < 4.78 is 0. The Bertz CT molecular complexity index is 628. The number of piperazine rings is 1. The fraction of sp³-hybridized carbons (Fsp3) is 0.611. The fourth-order valence-electron chi connectivity index (χ4n) is 4.91. The van der Waals surface area contributed by atoms with Crippen molar-refractivity contribution in [2.24, 2.45) is 23.7 Å². The summed E-state index contributed by atoms with van der Waals surface area (Å²) in [5.41, 5.74) is 0. The molecule has 3 fully saturated rings. The first kappa shape index (κ1) is 15.4. The van der Waals surface area contributed by atoms with Gasteiger partial charge in [0.2, 0.25) is 5.91 Å². The van der Waals surface area contributed by atoms with Gasteiger partial charge in [0.25, 0.3) is 0 Å². The molecular formula is C18H23N3O3. The molecule has 24 heavy (non-hydrogen) atoms. The molecule has 2 aliphatic carbocycles. The fourth-order valence-corrected chi connectivity index (χ4v) is 4.91. The third-order valence-corrected chi connectivity index (χ3v) is 6.05. The first-order chi connectivity index (χ1) is 11.6. The van der Waals surface area contributed by atoms with Crippen LogP contribution in [0.4, 0.5) is 5.82 Å². The molecule has 6 heteroatoms. The van der Waals surface area contributed by atoms with Crippen molar-refractivity contribution in [3.8, 4) is 0 Å². The number of amides is 1. The van der Waals surface area contributed by atoms with Crippen molar-refractivity contribution in [2.75, 3.05) is 31.1 Å². The van der Waals surface area contributed by atoms with Gasteiger partial charge in [-0.2, -0.15) is 0 Å². The van der Waals surface area contributed by atoms with Gasteiger partial charge in [-0.15, -0.1) is 0 Å². The minimum absolute atomic E-state index is 0.0651. The number of hydrogen-bond donors (Lipinski definition) is 1. The van der Waals surface area contributed by atoms with E-state index < -0.39 is 11.9 Å². The molecular weight excluding hydrogens is 306 g/mol. The van der Waals surface area contributed by atoms with Crippen LogP contribution in [0.2, 0.25) is 0 Å². The third kappa shape index (κ3) is 2.54. The number of hydrogen-bond acceptors (Lipinski definition) is 4. The van der Waals surface area contributed by atoms with E-state index in [9.17, 15) is 14.7 Å². The quantitative estimate of drug-likeness (QED) is 0.909. The van der Waals surface area contributed by atoms with E-state index in [0.29, 0.717) is 13.1 Å². The maximum Gasteiger partial charge on any atom is 0.307 e. The number of nitrogens with zero attached hydrogens (tertiary/aromatic N) is 3. The van der Waals surface area contributed by atoms with Crippen molar-refractivity contribution in [3.05, 3.63) is 24.4 Å². The molecule has 4 atom stereocenters. The SMILES string of the molecule is O=C(O)[C@@H]1[C@H]2CC[C@@H](C2)[C@@H]1C(=O)N1CCN(c2ccccn2)CC1.